The van der Waals surface area contributed by atoms with Crippen molar-refractivity contribution < 1.29 is 80.4 Å². The third kappa shape index (κ3) is 18.5. The molecule has 4 aliphatic rings. The van der Waals surface area contributed by atoms with E-state index in [4.69, 9.17) is 9.97 Å². The van der Waals surface area contributed by atoms with Crippen molar-refractivity contribution in [3.05, 3.63) is 433 Å². The van der Waals surface area contributed by atoms with Gasteiger partial charge in [-0.05, 0) is 82.9 Å². The van der Waals surface area contributed by atoms with Gasteiger partial charge in [0.2, 0.25) is 0 Å². The first-order valence-electron chi connectivity index (χ1n) is 38.8. The van der Waals surface area contributed by atoms with Crippen LogP contribution in [0.3, 0.4) is 0 Å². The van der Waals surface area contributed by atoms with Gasteiger partial charge >= 0.3 is 0 Å². The van der Waals surface area contributed by atoms with Gasteiger partial charge in [-0.3, -0.25) is 0 Å². The van der Waals surface area contributed by atoms with Crippen LogP contribution in [0.25, 0.3) is 44.5 Å². The molecule has 16 aromatic rings. The van der Waals surface area contributed by atoms with Crippen molar-refractivity contribution in [2.24, 2.45) is 0 Å². The molecule has 604 valence electrons. The standard InChI is InChI=1S/2C28H25N3.C24H17N3.C23H16N4.4Ir/c1-28(2,3)22-15-17-23(18-16-22)30-20-31(26-14-9-19-29-27(26)30)25-13-8-7-12-24(25)21-10-5-4-6-11-21;1-28(2,3)22-15-17-23(18-16-22)30-20-31(27-26(30)14-9-19-29-27)25-13-8-7-12-24(25)21-10-5-4-6-11-21;1-3-10-19(11-4-1)21-14-7-8-15-22(21)27-18-26(20-12-5-2-6-13-20)23-16-9-17-25-24(23)27;1-3-9-18(10-4-1)20-13-7-8-14-21(20)27-17-26(19-11-5-2-6-12-19)22-23(27)25-16-15-24-22;;;;/h2*4-17,19-20H,1-3H3;1-12,14-18H;1-11,13-17H;;;;/q4*-2;;;;. The second-order valence-electron chi connectivity index (χ2n) is 30.1. The van der Waals surface area contributed by atoms with Gasteiger partial charge in [-0.15, -0.1) is 61.6 Å². The number of aromatic nitrogens is 5. The maximum Gasteiger partial charge on any atom is 0.145 e. The van der Waals surface area contributed by atoms with Crippen molar-refractivity contribution in [3.8, 4) is 44.5 Å². The first-order chi connectivity index (χ1) is 56.9. The molecular formula is C103H83Ir4N13-8. The van der Waals surface area contributed by atoms with Gasteiger partial charge in [0, 0.05) is 156 Å². The quantitative estimate of drug-likeness (QED) is 0.109. The van der Waals surface area contributed by atoms with Crippen molar-refractivity contribution in [1.29, 1.82) is 0 Å². The summed E-state index contributed by atoms with van der Waals surface area (Å²) in [5, 5.41) is 0. The Bertz CT molecular complexity index is 5640. The first kappa shape index (κ1) is 86.0. The molecule has 4 radical (unpaired) electrons. The van der Waals surface area contributed by atoms with Crippen LogP contribution in [0.5, 0.6) is 0 Å². The third-order valence-corrected chi connectivity index (χ3v) is 20.5. The van der Waals surface area contributed by atoms with Gasteiger partial charge in [0.05, 0.1) is 17.1 Å². The number of hydrogen-bond acceptors (Lipinski definition) is 13. The molecule has 120 heavy (non-hydrogen) atoms. The summed E-state index contributed by atoms with van der Waals surface area (Å²) in [6, 6.07) is 130. The molecule has 0 unspecified atom stereocenters. The largest absolute Gasteiger partial charge is 0.492 e. The fraction of sp³-hybridized carbons (Fsp3) is 0.0777. The van der Waals surface area contributed by atoms with Gasteiger partial charge in [-0.1, -0.05) is 246 Å². The molecule has 12 aromatic carbocycles. The second kappa shape index (κ2) is 38.9. The maximum atomic E-state index is 4.72. The summed E-state index contributed by atoms with van der Waals surface area (Å²) >= 11 is 0. The number of fused-ring (bicyclic) bond motifs is 4. The average molecular weight is 2270 g/mol. The van der Waals surface area contributed by atoms with Crippen molar-refractivity contribution in [2.75, 3.05) is 39.2 Å². The van der Waals surface area contributed by atoms with Crippen LogP contribution < -0.4 is 39.2 Å². The van der Waals surface area contributed by atoms with Crippen molar-refractivity contribution in [2.45, 2.75) is 52.4 Å². The van der Waals surface area contributed by atoms with Gasteiger partial charge in [0.15, 0.2) is 0 Å². The van der Waals surface area contributed by atoms with Crippen LogP contribution in [0.2, 0.25) is 0 Å². The van der Waals surface area contributed by atoms with Crippen LogP contribution in [-0.4, -0.2) is 24.9 Å². The van der Waals surface area contributed by atoms with Crippen LogP contribution >= 0.6 is 0 Å². The first-order valence-corrected chi connectivity index (χ1v) is 38.8. The molecule has 0 spiro atoms. The molecule has 8 heterocycles. The number of hydrogen-bond donors (Lipinski definition) is 0. The van der Waals surface area contributed by atoms with Crippen molar-refractivity contribution in [1.82, 2.24) is 24.9 Å². The zero-order chi connectivity index (χ0) is 79.0. The number of anilines is 16. The van der Waals surface area contributed by atoms with Gasteiger partial charge in [-0.2, -0.15) is 108 Å². The summed E-state index contributed by atoms with van der Waals surface area (Å²) in [6.07, 6.45) is 8.97. The number of nitrogens with zero attached hydrogens (tertiary/aromatic N) is 13. The zero-order valence-corrected chi connectivity index (χ0v) is 76.3. The molecule has 4 aromatic heterocycles. The van der Waals surface area contributed by atoms with E-state index in [0.29, 0.717) is 0 Å². The molecular weight excluding hydrogens is 2190 g/mol. The minimum atomic E-state index is 0. The van der Waals surface area contributed by atoms with Gasteiger partial charge < -0.3 is 39.2 Å². The molecule has 13 nitrogen and oxygen atoms in total. The molecule has 0 saturated carbocycles. The average Bonchev–Trinajstić information content (AvgIpc) is 1.64. The van der Waals surface area contributed by atoms with E-state index in [1.807, 2.05) is 121 Å². The van der Waals surface area contributed by atoms with Crippen LogP contribution in [0.15, 0.2) is 371 Å². The Balaban J connectivity index is 0.000000137. The number of rotatable bonds is 12. The molecule has 0 aliphatic carbocycles. The monoisotopic (exact) mass is 2270 g/mol. The molecule has 17 heteroatoms. The Labute approximate surface area is 759 Å². The van der Waals surface area contributed by atoms with Gasteiger partial charge in [0.25, 0.3) is 0 Å². The molecule has 0 amide bonds. The van der Waals surface area contributed by atoms with Gasteiger partial charge in [0.1, 0.15) is 29.1 Å². The molecule has 0 bridgehead atoms. The fourth-order valence-electron chi connectivity index (χ4n) is 14.6. The summed E-state index contributed by atoms with van der Waals surface area (Å²) < 4.78 is 0. The second-order valence-corrected chi connectivity index (χ2v) is 30.1. The van der Waals surface area contributed by atoms with E-state index in [9.17, 15) is 0 Å². The predicted octanol–water partition coefficient (Wildman–Crippen LogP) is 25.8. The Kier molecular flexibility index (Phi) is 27.9. The normalized spacial score (nSPS) is 12.7. The maximum absolute atomic E-state index is 4.72. The van der Waals surface area contributed by atoms with E-state index in [0.717, 1.165) is 103 Å². The van der Waals surface area contributed by atoms with E-state index >= 15 is 0 Å². The summed E-state index contributed by atoms with van der Waals surface area (Å²) in [5.74, 6) is 4.34. The molecule has 4 aliphatic heterocycles. The molecule has 0 N–H and O–H groups in total. The van der Waals surface area contributed by atoms with Gasteiger partial charge in [-0.25, -0.2) is 24.9 Å². The summed E-state index contributed by atoms with van der Waals surface area (Å²) in [6.45, 7) is 21.7. The molecule has 0 atom stereocenters. The Hall–Kier alpha value is -11.8. The Morgan fingerprint density at radius 1 is 0.217 bits per heavy atom. The zero-order valence-electron chi connectivity index (χ0n) is 66.7. The minimum Gasteiger partial charge on any atom is -0.492 e. The number of benzene rings is 12. The predicted molar refractivity (Wildman–Crippen MR) is 475 cm³/mol. The van der Waals surface area contributed by atoms with E-state index in [-0.39, 0.29) is 91.3 Å². The SMILES string of the molecule is CC(C)(C)c1c[c-]c(N2[CH-]N(c3ccccc3-c3ccccc3)c3cccnc32)cc1.CC(C)(C)c1c[c-]c(N2[CH-]N(c3ccccc3-c3ccccc3)c3ncccc32)cc1.[Ir].[Ir].[Ir].[Ir].[c-]1ccccc1N1[CH-]N(c2ccccc2-c2ccccc2)c2ncccc21.[c-]1ccccc1N1[CH-]N(c2ccccc2-c2ccccc2)c2nccnc21. The van der Waals surface area contributed by atoms with Crippen LogP contribution in [0, 0.1) is 50.9 Å². The third-order valence-electron chi connectivity index (χ3n) is 20.5. The Morgan fingerprint density at radius 2 is 0.475 bits per heavy atom. The summed E-state index contributed by atoms with van der Waals surface area (Å²) in [7, 11) is 0. The van der Waals surface area contributed by atoms with Crippen LogP contribution in [-0.2, 0) is 91.3 Å². The fourth-order valence-corrected chi connectivity index (χ4v) is 14.6. The summed E-state index contributed by atoms with van der Waals surface area (Å²) in [5.41, 5.74) is 23.6. The van der Waals surface area contributed by atoms with Crippen molar-refractivity contribution in [3.63, 3.8) is 0 Å². The number of para-hydroxylation sites is 6. The molecule has 0 saturated heterocycles. The summed E-state index contributed by atoms with van der Waals surface area (Å²) in [4.78, 5) is 40.3. The van der Waals surface area contributed by atoms with Crippen LogP contribution in [0.1, 0.15) is 52.7 Å². The topological polar surface area (TPSA) is 90.4 Å². The van der Waals surface area contributed by atoms with E-state index in [2.05, 4.69) is 384 Å². The van der Waals surface area contributed by atoms with E-state index < -0.39 is 0 Å². The molecule has 0 fully saturated rings. The minimum absolute atomic E-state index is 0. The molecule has 20 rings (SSSR count). The van der Waals surface area contributed by atoms with Crippen molar-refractivity contribution >= 4 is 91.7 Å². The van der Waals surface area contributed by atoms with E-state index in [1.165, 1.54) is 44.5 Å². The van der Waals surface area contributed by atoms with Crippen LogP contribution in [0.4, 0.5) is 91.7 Å². The number of pyridine rings is 3. The smallest absolute Gasteiger partial charge is 0.145 e. The van der Waals surface area contributed by atoms with E-state index in [1.54, 1.807) is 12.4 Å². The Morgan fingerprint density at radius 3 is 0.825 bits per heavy atom.